The Morgan fingerprint density at radius 3 is 2.78 bits per heavy atom. The van der Waals surface area contributed by atoms with E-state index >= 15 is 0 Å². The molecule has 0 spiro atoms. The lowest BCUT2D eigenvalue weighted by Gasteiger charge is -2.08. The van der Waals surface area contributed by atoms with Crippen molar-refractivity contribution in [1.82, 2.24) is 5.43 Å². The first kappa shape index (κ1) is 20.2. The van der Waals surface area contributed by atoms with E-state index in [0.717, 1.165) is 0 Å². The van der Waals surface area contributed by atoms with Crippen LogP contribution in [0.15, 0.2) is 46.0 Å². The van der Waals surface area contributed by atoms with Crippen LogP contribution in [-0.2, 0) is 4.79 Å². The molecular weight excluding hydrogens is 422 g/mol. The van der Waals surface area contributed by atoms with Crippen LogP contribution in [-0.4, -0.2) is 35.4 Å². The highest BCUT2D eigenvalue weighted by Crippen LogP contribution is 2.32. The Hall–Kier alpha value is -3.14. The second-order valence-electron chi connectivity index (χ2n) is 5.08. The Labute approximate surface area is 162 Å². The number of para-hydroxylation sites is 2. The van der Waals surface area contributed by atoms with Crippen LogP contribution in [0.2, 0.25) is 0 Å². The lowest BCUT2D eigenvalue weighted by atomic mass is 10.2. The molecule has 2 aromatic rings. The number of halogens is 1. The van der Waals surface area contributed by atoms with Gasteiger partial charge in [-0.05, 0) is 25.1 Å². The molecule has 2 rings (SSSR count). The van der Waals surface area contributed by atoms with Crippen molar-refractivity contribution in [2.75, 3.05) is 13.2 Å². The number of hydrogen-bond donors (Lipinski definition) is 2. The van der Waals surface area contributed by atoms with Gasteiger partial charge >= 0.3 is 5.69 Å². The fourth-order valence-corrected chi connectivity index (χ4v) is 2.49. The molecular formula is C17H16BrN3O6. The van der Waals surface area contributed by atoms with Crippen molar-refractivity contribution < 1.29 is 24.3 Å². The smallest absolute Gasteiger partial charge is 0.310 e. The first-order chi connectivity index (χ1) is 12.9. The molecule has 0 heterocycles. The molecule has 0 saturated heterocycles. The predicted molar refractivity (Wildman–Crippen MR) is 101 cm³/mol. The summed E-state index contributed by atoms with van der Waals surface area (Å²) in [5.41, 5.74) is 2.30. The van der Waals surface area contributed by atoms with E-state index in [1.54, 1.807) is 25.1 Å². The van der Waals surface area contributed by atoms with Crippen LogP contribution >= 0.6 is 15.9 Å². The number of ether oxygens (including phenoxy) is 2. The second-order valence-corrected chi connectivity index (χ2v) is 6.00. The number of phenols is 1. The van der Waals surface area contributed by atoms with E-state index in [1.165, 1.54) is 24.4 Å². The molecule has 2 N–H and O–H groups in total. The molecule has 0 fully saturated rings. The van der Waals surface area contributed by atoms with E-state index in [2.05, 4.69) is 26.5 Å². The van der Waals surface area contributed by atoms with E-state index in [0.29, 0.717) is 16.6 Å². The molecule has 0 saturated carbocycles. The molecule has 27 heavy (non-hydrogen) atoms. The third-order valence-electron chi connectivity index (χ3n) is 3.18. The Morgan fingerprint density at radius 2 is 2.07 bits per heavy atom. The van der Waals surface area contributed by atoms with Crippen LogP contribution in [0.4, 0.5) is 5.69 Å². The molecule has 10 heteroatoms. The maximum absolute atomic E-state index is 11.8. The van der Waals surface area contributed by atoms with Gasteiger partial charge in [-0.1, -0.05) is 28.1 Å². The van der Waals surface area contributed by atoms with Crippen LogP contribution in [0, 0.1) is 10.1 Å². The molecule has 0 aliphatic carbocycles. The molecule has 0 aliphatic heterocycles. The largest absolute Gasteiger partial charge is 0.504 e. The molecule has 0 atom stereocenters. The zero-order chi connectivity index (χ0) is 19.8. The maximum Gasteiger partial charge on any atom is 0.310 e. The topological polar surface area (TPSA) is 123 Å². The number of nitro groups is 1. The zero-order valence-electron chi connectivity index (χ0n) is 14.2. The van der Waals surface area contributed by atoms with Crippen molar-refractivity contribution in [2.24, 2.45) is 5.10 Å². The Bertz CT molecular complexity index is 872. The first-order valence-electron chi connectivity index (χ1n) is 7.75. The van der Waals surface area contributed by atoms with Gasteiger partial charge in [0, 0.05) is 16.1 Å². The third-order valence-corrected chi connectivity index (χ3v) is 3.64. The highest BCUT2D eigenvalue weighted by atomic mass is 79.9. The molecule has 0 aromatic heterocycles. The van der Waals surface area contributed by atoms with Crippen molar-refractivity contribution >= 4 is 33.7 Å². The standard InChI is InChI=1S/C17H16BrN3O6/c1-2-26-15-8-12(18)7-11(17(15)23)9-19-20-16(22)10-27-14-6-4-3-5-13(14)21(24)25/h3-9,23H,2,10H2,1H3,(H,20,22). The number of benzene rings is 2. The summed E-state index contributed by atoms with van der Waals surface area (Å²) in [6.07, 6.45) is 1.24. The minimum absolute atomic E-state index is 0.0207. The van der Waals surface area contributed by atoms with Crippen LogP contribution in [0.1, 0.15) is 12.5 Å². The van der Waals surface area contributed by atoms with Gasteiger partial charge < -0.3 is 14.6 Å². The van der Waals surface area contributed by atoms with E-state index in [1.807, 2.05) is 0 Å². The van der Waals surface area contributed by atoms with Gasteiger partial charge in [-0.3, -0.25) is 14.9 Å². The number of hydrogen-bond acceptors (Lipinski definition) is 7. The van der Waals surface area contributed by atoms with Gasteiger partial charge in [0.1, 0.15) is 0 Å². The first-order valence-corrected chi connectivity index (χ1v) is 8.55. The Morgan fingerprint density at radius 1 is 1.33 bits per heavy atom. The SMILES string of the molecule is CCOc1cc(Br)cc(C=NNC(=O)COc2ccccc2[N+](=O)[O-])c1O. The molecule has 0 aliphatic rings. The third kappa shape index (κ3) is 5.68. The predicted octanol–water partition coefficient (Wildman–Crippen LogP) is 2.99. The minimum atomic E-state index is -0.621. The number of amides is 1. The summed E-state index contributed by atoms with van der Waals surface area (Å²) in [7, 11) is 0. The molecule has 9 nitrogen and oxygen atoms in total. The van der Waals surface area contributed by atoms with Crippen molar-refractivity contribution in [3.8, 4) is 17.2 Å². The van der Waals surface area contributed by atoms with E-state index < -0.39 is 17.4 Å². The normalized spacial score (nSPS) is 10.6. The van der Waals surface area contributed by atoms with Crippen LogP contribution in [0.3, 0.4) is 0 Å². The van der Waals surface area contributed by atoms with Gasteiger partial charge in [0.15, 0.2) is 23.9 Å². The summed E-state index contributed by atoms with van der Waals surface area (Å²) in [6.45, 7) is 1.70. The van der Waals surface area contributed by atoms with Crippen LogP contribution in [0.5, 0.6) is 17.2 Å². The van der Waals surface area contributed by atoms with Crippen molar-refractivity contribution in [1.29, 1.82) is 0 Å². The number of carbonyl (C=O) groups is 1. The number of rotatable bonds is 8. The van der Waals surface area contributed by atoms with Crippen LogP contribution < -0.4 is 14.9 Å². The van der Waals surface area contributed by atoms with Gasteiger partial charge in [-0.15, -0.1) is 0 Å². The van der Waals surface area contributed by atoms with Gasteiger partial charge in [-0.25, -0.2) is 5.43 Å². The zero-order valence-corrected chi connectivity index (χ0v) is 15.8. The monoisotopic (exact) mass is 437 g/mol. The molecule has 0 bridgehead atoms. The average Bonchev–Trinajstić information content (AvgIpc) is 2.64. The fraction of sp³-hybridized carbons (Fsp3) is 0.176. The van der Waals surface area contributed by atoms with Crippen molar-refractivity contribution in [3.05, 3.63) is 56.5 Å². The number of nitrogens with zero attached hydrogens (tertiary/aromatic N) is 2. The molecule has 2 aromatic carbocycles. The van der Waals surface area contributed by atoms with Gasteiger partial charge in [0.2, 0.25) is 0 Å². The average molecular weight is 438 g/mol. The Kier molecular flexibility index (Phi) is 7.12. The lowest BCUT2D eigenvalue weighted by Crippen LogP contribution is -2.24. The summed E-state index contributed by atoms with van der Waals surface area (Å²) in [5.74, 6) is -0.481. The van der Waals surface area contributed by atoms with E-state index in [-0.39, 0.29) is 22.9 Å². The number of hydrazone groups is 1. The highest BCUT2D eigenvalue weighted by molar-refractivity contribution is 9.10. The number of nitro benzene ring substituents is 1. The second kappa shape index (κ2) is 9.53. The van der Waals surface area contributed by atoms with Crippen molar-refractivity contribution in [2.45, 2.75) is 6.92 Å². The maximum atomic E-state index is 11.8. The highest BCUT2D eigenvalue weighted by Gasteiger charge is 2.14. The van der Waals surface area contributed by atoms with Crippen molar-refractivity contribution in [3.63, 3.8) is 0 Å². The molecule has 0 unspecified atom stereocenters. The molecule has 0 radical (unpaired) electrons. The number of aromatic hydroxyl groups is 1. The number of phenolic OH excluding ortho intramolecular Hbond substituents is 1. The van der Waals surface area contributed by atoms with Gasteiger partial charge in [0.05, 0.1) is 17.7 Å². The van der Waals surface area contributed by atoms with E-state index in [4.69, 9.17) is 9.47 Å². The summed E-state index contributed by atoms with van der Waals surface area (Å²) in [6, 6.07) is 8.92. The fourth-order valence-electron chi connectivity index (χ4n) is 2.04. The summed E-state index contributed by atoms with van der Waals surface area (Å²) >= 11 is 3.29. The summed E-state index contributed by atoms with van der Waals surface area (Å²) < 4.78 is 11.1. The van der Waals surface area contributed by atoms with Gasteiger partial charge in [-0.2, -0.15) is 5.10 Å². The number of nitrogens with one attached hydrogen (secondary N) is 1. The minimum Gasteiger partial charge on any atom is -0.504 e. The molecule has 142 valence electrons. The Balaban J connectivity index is 1.97. The number of carbonyl (C=O) groups excluding carboxylic acids is 1. The lowest BCUT2D eigenvalue weighted by molar-refractivity contribution is -0.385. The quantitative estimate of drug-likeness (QED) is 0.371. The summed E-state index contributed by atoms with van der Waals surface area (Å²) in [5, 5.41) is 24.7. The van der Waals surface area contributed by atoms with E-state index in [9.17, 15) is 20.0 Å². The molecule has 1 amide bonds. The van der Waals surface area contributed by atoms with Gasteiger partial charge in [0.25, 0.3) is 5.91 Å². The van der Waals surface area contributed by atoms with Crippen LogP contribution in [0.25, 0.3) is 0 Å². The summed E-state index contributed by atoms with van der Waals surface area (Å²) in [4.78, 5) is 22.1.